The second-order valence-corrected chi connectivity index (χ2v) is 7.08. The van der Waals surface area contributed by atoms with Crippen molar-refractivity contribution in [2.45, 2.75) is 13.8 Å². The van der Waals surface area contributed by atoms with Gasteiger partial charge in [0.1, 0.15) is 5.75 Å². The van der Waals surface area contributed by atoms with Gasteiger partial charge in [-0.3, -0.25) is 9.59 Å². The lowest BCUT2D eigenvalue weighted by molar-refractivity contribution is 0.0997. The van der Waals surface area contributed by atoms with Gasteiger partial charge in [-0.2, -0.15) is 5.10 Å². The van der Waals surface area contributed by atoms with Gasteiger partial charge in [0.15, 0.2) is 5.82 Å². The lowest BCUT2D eigenvalue weighted by atomic mass is 10.2. The molecule has 0 saturated heterocycles. The molecule has 4 rings (SSSR count). The number of hydrogen-bond acceptors (Lipinski definition) is 6. The molecule has 9 nitrogen and oxygen atoms in total. The second-order valence-electron chi connectivity index (χ2n) is 7.08. The van der Waals surface area contributed by atoms with Crippen LogP contribution in [0.5, 0.6) is 11.6 Å². The highest BCUT2D eigenvalue weighted by Crippen LogP contribution is 2.22. The second kappa shape index (κ2) is 8.68. The van der Waals surface area contributed by atoms with E-state index in [1.165, 1.54) is 18.5 Å². The van der Waals surface area contributed by atoms with Crippen molar-refractivity contribution < 1.29 is 14.3 Å². The maximum atomic E-state index is 12.5. The van der Waals surface area contributed by atoms with Crippen LogP contribution in [-0.2, 0) is 0 Å². The molecule has 1 aromatic carbocycles. The zero-order valence-corrected chi connectivity index (χ0v) is 17.4. The lowest BCUT2D eigenvalue weighted by Crippen LogP contribution is -2.13. The summed E-state index contributed by atoms with van der Waals surface area (Å²) in [5.41, 5.74) is 8.37. The number of carbonyl (C=O) groups is 2. The largest absolute Gasteiger partial charge is 0.439 e. The first-order valence-electron chi connectivity index (χ1n) is 9.74. The smallest absolute Gasteiger partial charge is 0.257 e. The summed E-state index contributed by atoms with van der Waals surface area (Å²) in [6, 6.07) is 15.1. The fourth-order valence-electron chi connectivity index (χ4n) is 3.06. The summed E-state index contributed by atoms with van der Waals surface area (Å²) in [7, 11) is 0. The first kappa shape index (κ1) is 20.7. The molecule has 9 heteroatoms. The predicted molar refractivity (Wildman–Crippen MR) is 118 cm³/mol. The van der Waals surface area contributed by atoms with Crippen molar-refractivity contribution in [2.75, 3.05) is 5.32 Å². The van der Waals surface area contributed by atoms with E-state index in [-0.39, 0.29) is 5.91 Å². The van der Waals surface area contributed by atoms with Gasteiger partial charge in [-0.1, -0.05) is 6.07 Å². The fourth-order valence-corrected chi connectivity index (χ4v) is 3.06. The van der Waals surface area contributed by atoms with E-state index in [4.69, 9.17) is 10.5 Å². The fraction of sp³-hybridized carbons (Fsp3) is 0.0870. The topological polar surface area (TPSA) is 125 Å². The Morgan fingerprint density at radius 1 is 0.969 bits per heavy atom. The van der Waals surface area contributed by atoms with Crippen molar-refractivity contribution in [3.8, 4) is 17.4 Å². The number of benzene rings is 1. The summed E-state index contributed by atoms with van der Waals surface area (Å²) in [4.78, 5) is 32.3. The molecule has 0 aliphatic heterocycles. The van der Waals surface area contributed by atoms with Gasteiger partial charge in [0.25, 0.3) is 5.91 Å². The first-order valence-corrected chi connectivity index (χ1v) is 9.74. The monoisotopic (exact) mass is 428 g/mol. The molecule has 3 aromatic heterocycles. The molecule has 32 heavy (non-hydrogen) atoms. The van der Waals surface area contributed by atoms with Crippen molar-refractivity contribution >= 4 is 17.5 Å². The number of aryl methyl sites for hydroxylation is 2. The summed E-state index contributed by atoms with van der Waals surface area (Å²) in [6.07, 6.45) is 2.97. The molecule has 0 radical (unpaired) electrons. The molecule has 3 heterocycles. The number of hydrogen-bond donors (Lipinski definition) is 2. The van der Waals surface area contributed by atoms with Gasteiger partial charge >= 0.3 is 0 Å². The normalized spacial score (nSPS) is 10.6. The average Bonchev–Trinajstić information content (AvgIpc) is 3.13. The highest BCUT2D eigenvalue weighted by molar-refractivity contribution is 6.04. The number of nitrogens with one attached hydrogen (secondary N) is 1. The molecular weight excluding hydrogens is 408 g/mol. The maximum absolute atomic E-state index is 12.5. The summed E-state index contributed by atoms with van der Waals surface area (Å²) < 4.78 is 7.35. The van der Waals surface area contributed by atoms with E-state index in [9.17, 15) is 9.59 Å². The summed E-state index contributed by atoms with van der Waals surface area (Å²) >= 11 is 0. The summed E-state index contributed by atoms with van der Waals surface area (Å²) in [5, 5.41) is 7.15. The Morgan fingerprint density at radius 2 is 1.81 bits per heavy atom. The number of nitrogens with two attached hydrogens (primary N) is 1. The van der Waals surface area contributed by atoms with E-state index in [1.54, 1.807) is 47.1 Å². The minimum Gasteiger partial charge on any atom is -0.439 e. The van der Waals surface area contributed by atoms with E-state index < -0.39 is 5.91 Å². The molecule has 0 aliphatic carbocycles. The molecular formula is C23H20N6O3. The Hall–Kier alpha value is -4.53. The molecule has 2 amide bonds. The molecule has 0 spiro atoms. The average molecular weight is 428 g/mol. The lowest BCUT2D eigenvalue weighted by Gasteiger charge is -2.08. The third-order valence-electron chi connectivity index (χ3n) is 4.57. The summed E-state index contributed by atoms with van der Waals surface area (Å²) in [6.45, 7) is 3.85. The molecule has 0 aliphatic rings. The number of anilines is 1. The van der Waals surface area contributed by atoms with Crippen LogP contribution < -0.4 is 15.8 Å². The number of aromatic nitrogens is 4. The number of primary amides is 1. The first-order chi connectivity index (χ1) is 15.4. The van der Waals surface area contributed by atoms with Gasteiger partial charge in [-0.25, -0.2) is 14.6 Å². The number of amides is 2. The van der Waals surface area contributed by atoms with Gasteiger partial charge in [0, 0.05) is 23.5 Å². The third-order valence-corrected chi connectivity index (χ3v) is 4.57. The van der Waals surface area contributed by atoms with Gasteiger partial charge in [0.2, 0.25) is 11.8 Å². The molecule has 0 bridgehead atoms. The van der Waals surface area contributed by atoms with Crippen LogP contribution in [0.25, 0.3) is 5.82 Å². The number of pyridine rings is 2. The Morgan fingerprint density at radius 3 is 2.44 bits per heavy atom. The van der Waals surface area contributed by atoms with Crippen LogP contribution in [0.2, 0.25) is 0 Å². The Kier molecular flexibility index (Phi) is 5.63. The highest BCUT2D eigenvalue weighted by atomic mass is 16.5. The number of nitrogens with zero attached hydrogens (tertiary/aromatic N) is 4. The predicted octanol–water partition coefficient (Wildman–Crippen LogP) is 3.42. The van der Waals surface area contributed by atoms with Gasteiger partial charge in [-0.05, 0) is 56.3 Å². The van der Waals surface area contributed by atoms with Crippen LogP contribution in [0.4, 0.5) is 5.69 Å². The molecule has 0 unspecified atom stereocenters. The highest BCUT2D eigenvalue weighted by Gasteiger charge is 2.10. The molecule has 0 atom stereocenters. The molecule has 0 saturated carbocycles. The molecule has 160 valence electrons. The zero-order valence-electron chi connectivity index (χ0n) is 17.4. The standard InChI is InChI=1S/C23H20N6O3/c1-14-10-15(2)29(28-14)20-8-6-17(12-25-20)23(31)27-18-7-9-21(26-13-18)32-19-5-3-4-16(11-19)22(24)30/h3-13H,1-2H3,(H2,24,30)(H,27,31). The SMILES string of the molecule is Cc1cc(C)n(-c2ccc(C(=O)Nc3ccc(Oc4cccc(C(N)=O)c4)nc3)cn2)n1. The van der Waals surface area contributed by atoms with E-state index in [2.05, 4.69) is 20.4 Å². The molecule has 3 N–H and O–H groups in total. The number of carbonyl (C=O) groups excluding carboxylic acids is 2. The van der Waals surface area contributed by atoms with Crippen LogP contribution in [0.3, 0.4) is 0 Å². The Labute approximate surface area is 183 Å². The van der Waals surface area contributed by atoms with E-state index in [1.807, 2.05) is 19.9 Å². The minimum absolute atomic E-state index is 0.306. The van der Waals surface area contributed by atoms with Crippen LogP contribution in [-0.4, -0.2) is 31.6 Å². The molecule has 0 fully saturated rings. The van der Waals surface area contributed by atoms with Crippen LogP contribution >= 0.6 is 0 Å². The molecule has 4 aromatic rings. The van der Waals surface area contributed by atoms with Gasteiger partial charge in [0.05, 0.1) is 23.1 Å². The minimum atomic E-state index is -0.543. The van der Waals surface area contributed by atoms with Crippen molar-refractivity contribution in [2.24, 2.45) is 5.73 Å². The van der Waals surface area contributed by atoms with E-state index >= 15 is 0 Å². The van der Waals surface area contributed by atoms with Gasteiger partial charge in [-0.15, -0.1) is 0 Å². The van der Waals surface area contributed by atoms with Crippen molar-refractivity contribution in [1.82, 2.24) is 19.7 Å². The van der Waals surface area contributed by atoms with Crippen molar-refractivity contribution in [1.29, 1.82) is 0 Å². The van der Waals surface area contributed by atoms with Gasteiger partial charge < -0.3 is 15.8 Å². The van der Waals surface area contributed by atoms with Crippen LogP contribution in [0.1, 0.15) is 32.1 Å². The summed E-state index contributed by atoms with van der Waals surface area (Å²) in [5.74, 6) is 0.511. The van der Waals surface area contributed by atoms with Crippen LogP contribution in [0, 0.1) is 13.8 Å². The third kappa shape index (κ3) is 4.62. The van der Waals surface area contributed by atoms with Crippen molar-refractivity contribution in [3.63, 3.8) is 0 Å². The zero-order chi connectivity index (χ0) is 22.7. The maximum Gasteiger partial charge on any atom is 0.257 e. The number of ether oxygens (including phenoxy) is 1. The Bertz CT molecular complexity index is 1280. The van der Waals surface area contributed by atoms with E-state index in [0.717, 1.165) is 11.4 Å². The van der Waals surface area contributed by atoms with Crippen LogP contribution in [0.15, 0.2) is 67.0 Å². The quantitative estimate of drug-likeness (QED) is 0.485. The number of rotatable bonds is 6. The Balaban J connectivity index is 1.41. The van der Waals surface area contributed by atoms with Crippen molar-refractivity contribution in [3.05, 3.63) is 89.5 Å². The van der Waals surface area contributed by atoms with E-state index in [0.29, 0.717) is 34.3 Å².